The van der Waals surface area contributed by atoms with E-state index in [2.05, 4.69) is 10.6 Å². The van der Waals surface area contributed by atoms with Crippen LogP contribution in [0.5, 0.6) is 0 Å². The molecule has 0 unspecified atom stereocenters. The summed E-state index contributed by atoms with van der Waals surface area (Å²) in [6, 6.07) is 8.40. The van der Waals surface area contributed by atoms with Crippen LogP contribution in [0.25, 0.3) is 0 Å². The van der Waals surface area contributed by atoms with Gasteiger partial charge in [0, 0.05) is 11.7 Å². The van der Waals surface area contributed by atoms with Crippen molar-refractivity contribution in [2.24, 2.45) is 0 Å². The molecule has 0 bridgehead atoms. The van der Waals surface area contributed by atoms with Gasteiger partial charge in [0.05, 0.1) is 6.54 Å². The first-order chi connectivity index (χ1) is 9.75. The van der Waals surface area contributed by atoms with Crippen molar-refractivity contribution in [3.63, 3.8) is 0 Å². The number of hydrogen-bond donors (Lipinski definition) is 2. The lowest BCUT2D eigenvalue weighted by Crippen LogP contribution is -2.36. The van der Waals surface area contributed by atoms with Gasteiger partial charge in [0.1, 0.15) is 0 Å². The fraction of sp³-hybridized carbons (Fsp3) is 0.588. The van der Waals surface area contributed by atoms with Gasteiger partial charge in [0.2, 0.25) is 5.91 Å². The number of anilines is 1. The zero-order chi connectivity index (χ0) is 14.2. The van der Waals surface area contributed by atoms with E-state index in [0.717, 1.165) is 11.3 Å². The Balaban J connectivity index is 1.75. The van der Waals surface area contributed by atoms with Gasteiger partial charge in [0.15, 0.2) is 0 Å². The standard InChI is InChI=1S/C17H26N2O/c1-14-9-7-8-12-16(14)19-17(20)13-18-15-10-5-3-2-4-6-11-15/h7-9,12,15,18H,2-6,10-11,13H2,1H3,(H,19,20). The summed E-state index contributed by atoms with van der Waals surface area (Å²) in [5, 5.41) is 6.39. The second-order valence-corrected chi connectivity index (χ2v) is 5.79. The molecule has 1 fully saturated rings. The molecule has 110 valence electrons. The van der Waals surface area contributed by atoms with Crippen molar-refractivity contribution in [1.82, 2.24) is 5.32 Å². The molecule has 3 heteroatoms. The van der Waals surface area contributed by atoms with Gasteiger partial charge in [0.25, 0.3) is 0 Å². The number of amides is 1. The number of para-hydroxylation sites is 1. The van der Waals surface area contributed by atoms with Gasteiger partial charge in [-0.1, -0.05) is 50.3 Å². The van der Waals surface area contributed by atoms with Crippen LogP contribution >= 0.6 is 0 Å². The number of hydrogen-bond acceptors (Lipinski definition) is 2. The van der Waals surface area contributed by atoms with Crippen molar-refractivity contribution >= 4 is 11.6 Å². The number of benzene rings is 1. The van der Waals surface area contributed by atoms with E-state index in [1.165, 1.54) is 44.9 Å². The Bertz CT molecular complexity index is 423. The molecule has 2 N–H and O–H groups in total. The second kappa shape index (κ2) is 8.05. The summed E-state index contributed by atoms with van der Waals surface area (Å²) in [6.45, 7) is 2.43. The van der Waals surface area contributed by atoms with Crippen molar-refractivity contribution < 1.29 is 4.79 Å². The van der Waals surface area contributed by atoms with Crippen LogP contribution in [-0.2, 0) is 4.79 Å². The van der Waals surface area contributed by atoms with E-state index >= 15 is 0 Å². The van der Waals surface area contributed by atoms with Gasteiger partial charge < -0.3 is 10.6 Å². The van der Waals surface area contributed by atoms with Crippen molar-refractivity contribution in [2.75, 3.05) is 11.9 Å². The summed E-state index contributed by atoms with van der Waals surface area (Å²) in [5.41, 5.74) is 2.02. The minimum atomic E-state index is 0.0568. The molecule has 1 aromatic carbocycles. The molecule has 1 aromatic rings. The molecule has 3 nitrogen and oxygen atoms in total. The number of aryl methyl sites for hydroxylation is 1. The maximum Gasteiger partial charge on any atom is 0.238 e. The molecule has 2 rings (SSSR count). The highest BCUT2D eigenvalue weighted by Gasteiger charge is 2.12. The lowest BCUT2D eigenvalue weighted by molar-refractivity contribution is -0.115. The maximum atomic E-state index is 12.0. The number of carbonyl (C=O) groups excluding carboxylic acids is 1. The van der Waals surface area contributed by atoms with Crippen molar-refractivity contribution in [3.05, 3.63) is 29.8 Å². The molecule has 0 atom stereocenters. The molecule has 0 spiro atoms. The number of nitrogens with one attached hydrogen (secondary N) is 2. The predicted molar refractivity (Wildman–Crippen MR) is 83.9 cm³/mol. The van der Waals surface area contributed by atoms with E-state index in [1.54, 1.807) is 0 Å². The highest BCUT2D eigenvalue weighted by atomic mass is 16.1. The van der Waals surface area contributed by atoms with E-state index in [-0.39, 0.29) is 5.91 Å². The topological polar surface area (TPSA) is 41.1 Å². The monoisotopic (exact) mass is 274 g/mol. The first-order valence-electron chi connectivity index (χ1n) is 7.84. The average molecular weight is 274 g/mol. The van der Waals surface area contributed by atoms with Crippen LogP contribution < -0.4 is 10.6 Å². The minimum absolute atomic E-state index is 0.0568. The Kier molecular flexibility index (Phi) is 6.06. The van der Waals surface area contributed by atoms with Gasteiger partial charge >= 0.3 is 0 Å². The predicted octanol–water partition coefficient (Wildman–Crippen LogP) is 3.64. The normalized spacial score (nSPS) is 17.2. The molecular weight excluding hydrogens is 248 g/mol. The fourth-order valence-electron chi connectivity index (χ4n) is 2.80. The van der Waals surface area contributed by atoms with E-state index in [1.807, 2.05) is 31.2 Å². The Hall–Kier alpha value is -1.35. The molecule has 0 saturated heterocycles. The zero-order valence-corrected chi connectivity index (χ0v) is 12.5. The summed E-state index contributed by atoms with van der Waals surface area (Å²) < 4.78 is 0. The molecule has 1 aliphatic carbocycles. The van der Waals surface area contributed by atoms with E-state index in [4.69, 9.17) is 0 Å². The minimum Gasteiger partial charge on any atom is -0.325 e. The number of carbonyl (C=O) groups is 1. The van der Waals surface area contributed by atoms with Crippen molar-refractivity contribution in [3.8, 4) is 0 Å². The van der Waals surface area contributed by atoms with Crippen LogP contribution in [-0.4, -0.2) is 18.5 Å². The van der Waals surface area contributed by atoms with Gasteiger partial charge in [-0.2, -0.15) is 0 Å². The third-order valence-electron chi connectivity index (χ3n) is 4.08. The summed E-state index contributed by atoms with van der Waals surface area (Å²) >= 11 is 0. The van der Waals surface area contributed by atoms with E-state index in [9.17, 15) is 4.79 Å². The molecule has 1 aliphatic rings. The third-order valence-corrected chi connectivity index (χ3v) is 4.08. The maximum absolute atomic E-state index is 12.0. The van der Waals surface area contributed by atoms with Crippen LogP contribution in [0.15, 0.2) is 24.3 Å². The highest BCUT2D eigenvalue weighted by molar-refractivity contribution is 5.92. The van der Waals surface area contributed by atoms with Crippen LogP contribution in [0.2, 0.25) is 0 Å². The Morgan fingerprint density at radius 2 is 1.75 bits per heavy atom. The lowest BCUT2D eigenvalue weighted by Gasteiger charge is -2.21. The van der Waals surface area contributed by atoms with Gasteiger partial charge in [-0.3, -0.25) is 4.79 Å². The summed E-state index contributed by atoms with van der Waals surface area (Å²) in [6.07, 6.45) is 9.05. The Labute approximate surface area is 122 Å². The summed E-state index contributed by atoms with van der Waals surface area (Å²) in [5.74, 6) is 0.0568. The van der Waals surface area contributed by atoms with E-state index < -0.39 is 0 Å². The van der Waals surface area contributed by atoms with Crippen LogP contribution in [0, 0.1) is 6.92 Å². The fourth-order valence-corrected chi connectivity index (χ4v) is 2.80. The Morgan fingerprint density at radius 1 is 1.10 bits per heavy atom. The van der Waals surface area contributed by atoms with Gasteiger partial charge in [-0.15, -0.1) is 0 Å². The summed E-state index contributed by atoms with van der Waals surface area (Å²) in [4.78, 5) is 12.0. The quantitative estimate of drug-likeness (QED) is 0.880. The van der Waals surface area contributed by atoms with Crippen molar-refractivity contribution in [2.45, 2.75) is 57.9 Å². The first-order valence-corrected chi connectivity index (χ1v) is 7.84. The van der Waals surface area contributed by atoms with E-state index in [0.29, 0.717) is 12.6 Å². The third kappa shape index (κ3) is 4.97. The molecule has 0 aliphatic heterocycles. The second-order valence-electron chi connectivity index (χ2n) is 5.79. The molecule has 0 aromatic heterocycles. The van der Waals surface area contributed by atoms with Gasteiger partial charge in [-0.25, -0.2) is 0 Å². The molecule has 20 heavy (non-hydrogen) atoms. The average Bonchev–Trinajstić information content (AvgIpc) is 2.40. The van der Waals surface area contributed by atoms with Crippen LogP contribution in [0.3, 0.4) is 0 Å². The lowest BCUT2D eigenvalue weighted by atomic mass is 9.97. The van der Waals surface area contributed by atoms with Crippen molar-refractivity contribution in [1.29, 1.82) is 0 Å². The smallest absolute Gasteiger partial charge is 0.238 e. The highest BCUT2D eigenvalue weighted by Crippen LogP contribution is 2.17. The molecule has 1 amide bonds. The van der Waals surface area contributed by atoms with Gasteiger partial charge in [-0.05, 0) is 31.4 Å². The SMILES string of the molecule is Cc1ccccc1NC(=O)CNC1CCCCCCC1. The molecular formula is C17H26N2O. The molecule has 0 radical (unpaired) electrons. The Morgan fingerprint density at radius 3 is 2.45 bits per heavy atom. The first kappa shape index (κ1) is 15.0. The largest absolute Gasteiger partial charge is 0.325 e. The summed E-state index contributed by atoms with van der Waals surface area (Å²) in [7, 11) is 0. The van der Waals surface area contributed by atoms with Crippen LogP contribution in [0.1, 0.15) is 50.5 Å². The zero-order valence-electron chi connectivity index (χ0n) is 12.5. The molecule has 0 heterocycles. The number of rotatable bonds is 4. The molecule has 1 saturated carbocycles. The van der Waals surface area contributed by atoms with Crippen LogP contribution in [0.4, 0.5) is 5.69 Å².